The summed E-state index contributed by atoms with van der Waals surface area (Å²) in [6.07, 6.45) is -3.91. The molecule has 2 amide bonds. The maximum absolute atomic E-state index is 14.8. The second-order valence-electron chi connectivity index (χ2n) is 11.8. The quantitative estimate of drug-likeness (QED) is 0.195. The lowest BCUT2D eigenvalue weighted by Crippen LogP contribution is -2.51. The second kappa shape index (κ2) is 11.5. The van der Waals surface area contributed by atoms with E-state index in [2.05, 4.69) is 15.3 Å². The molecule has 0 bridgehead atoms. The van der Waals surface area contributed by atoms with E-state index < -0.39 is 47.1 Å². The van der Waals surface area contributed by atoms with Crippen molar-refractivity contribution < 1.29 is 41.7 Å². The number of benzene rings is 2. The van der Waals surface area contributed by atoms with Crippen LogP contribution in [-0.2, 0) is 15.8 Å². The summed E-state index contributed by atoms with van der Waals surface area (Å²) in [5.74, 6) is -2.47. The summed E-state index contributed by atoms with van der Waals surface area (Å²) in [5, 5.41) is 14.0. The molecule has 1 unspecified atom stereocenters. The number of aryl methyl sites for hydroxylation is 1. The van der Waals surface area contributed by atoms with Crippen LogP contribution in [0.1, 0.15) is 47.1 Å². The average Bonchev–Trinajstić information content (AvgIpc) is 3.75. The molecule has 1 aliphatic carbocycles. The van der Waals surface area contributed by atoms with E-state index in [4.69, 9.17) is 38.4 Å². The van der Waals surface area contributed by atoms with Gasteiger partial charge in [0.1, 0.15) is 40.5 Å². The molecule has 6 rings (SSSR count). The molecule has 4 N–H and O–H groups in total. The molecule has 246 valence electrons. The van der Waals surface area contributed by atoms with E-state index in [-0.39, 0.29) is 51.6 Å². The molecule has 4 aromatic rings. The molecule has 0 spiro atoms. The molecular weight excluding hydrogens is 667 g/mol. The number of nitrogens with two attached hydrogens (primary N) is 1. The number of nitrogens with one attached hydrogen (secondary N) is 1. The fourth-order valence-electron chi connectivity index (χ4n) is 5.22. The Hall–Kier alpha value is -4.20. The highest BCUT2D eigenvalue weighted by Gasteiger charge is 2.58. The maximum Gasteiger partial charge on any atom is 0.424 e. The first-order valence-corrected chi connectivity index (χ1v) is 15.1. The van der Waals surface area contributed by atoms with E-state index in [1.165, 1.54) is 25.1 Å². The molecule has 2 aliphatic rings. The number of primary amides is 1. The number of rotatable bonds is 8. The van der Waals surface area contributed by atoms with Gasteiger partial charge in [0, 0.05) is 22.1 Å². The monoisotopic (exact) mass is 692 g/mol. The molecule has 47 heavy (non-hydrogen) atoms. The van der Waals surface area contributed by atoms with E-state index in [0.29, 0.717) is 21.6 Å². The molecule has 0 saturated heterocycles. The summed E-state index contributed by atoms with van der Waals surface area (Å²) in [5.41, 5.74) is -0.346. The number of alkyl halides is 3. The largest absolute Gasteiger partial charge is 0.489 e. The molecule has 2 atom stereocenters. The Labute approximate surface area is 275 Å². The van der Waals surface area contributed by atoms with Crippen LogP contribution in [0.2, 0.25) is 10.0 Å². The number of amides is 2. The van der Waals surface area contributed by atoms with Crippen molar-refractivity contribution in [2.24, 2.45) is 5.73 Å². The van der Waals surface area contributed by atoms with Crippen molar-refractivity contribution in [3.8, 4) is 22.8 Å². The minimum absolute atomic E-state index is 0.0321. The van der Waals surface area contributed by atoms with E-state index in [1.807, 2.05) is 0 Å². The molecule has 2 aromatic carbocycles. The fourth-order valence-corrected chi connectivity index (χ4v) is 5.63. The van der Waals surface area contributed by atoms with Crippen LogP contribution in [0.15, 0.2) is 42.5 Å². The molecule has 15 heteroatoms. The van der Waals surface area contributed by atoms with E-state index in [1.54, 1.807) is 13.0 Å². The minimum Gasteiger partial charge on any atom is -0.489 e. The summed E-state index contributed by atoms with van der Waals surface area (Å²) < 4.78 is 70.0. The predicted octanol–water partition coefficient (Wildman–Crippen LogP) is 5.91. The van der Waals surface area contributed by atoms with E-state index >= 15 is 0 Å². The number of fused-ring (bicyclic) bond motifs is 2. The SMILES string of the molecule is Cc1nc2c(OC3CC3)cc(C(=O)NCC(O)(c3cc4c(c(-c5ccc(F)cc5Cl)n3)OC[C@]4(C)C(N)=O)C(F)(F)F)cc2cc1Cl. The highest BCUT2D eigenvalue weighted by atomic mass is 35.5. The third-order valence-corrected chi connectivity index (χ3v) is 8.99. The predicted molar refractivity (Wildman–Crippen MR) is 164 cm³/mol. The molecule has 1 aliphatic heterocycles. The van der Waals surface area contributed by atoms with Crippen molar-refractivity contribution in [3.63, 3.8) is 0 Å². The molecule has 2 aromatic heterocycles. The van der Waals surface area contributed by atoms with Crippen LogP contribution in [0.3, 0.4) is 0 Å². The summed E-state index contributed by atoms with van der Waals surface area (Å²) in [6, 6.07) is 8.29. The number of hydrogen-bond donors (Lipinski definition) is 3. The third-order valence-electron chi connectivity index (χ3n) is 8.29. The van der Waals surface area contributed by atoms with Crippen LogP contribution in [0.5, 0.6) is 11.5 Å². The Morgan fingerprint density at radius 2 is 1.85 bits per heavy atom. The van der Waals surface area contributed by atoms with Crippen LogP contribution in [0.4, 0.5) is 17.6 Å². The number of aliphatic hydroxyl groups is 1. The van der Waals surface area contributed by atoms with Crippen LogP contribution in [0.25, 0.3) is 22.2 Å². The molecular formula is C32H26Cl2F4N4O5. The van der Waals surface area contributed by atoms with Gasteiger partial charge in [-0.05, 0) is 69.2 Å². The molecule has 0 radical (unpaired) electrons. The number of hydrogen-bond acceptors (Lipinski definition) is 7. The number of carbonyl (C=O) groups excluding carboxylic acids is 2. The van der Waals surface area contributed by atoms with Crippen LogP contribution >= 0.6 is 23.2 Å². The van der Waals surface area contributed by atoms with Crippen molar-refractivity contribution in [1.29, 1.82) is 0 Å². The zero-order valence-electron chi connectivity index (χ0n) is 24.8. The first kappa shape index (κ1) is 32.7. The van der Waals surface area contributed by atoms with Crippen molar-refractivity contribution in [2.45, 2.75) is 50.0 Å². The van der Waals surface area contributed by atoms with Gasteiger partial charge in [-0.2, -0.15) is 13.2 Å². The van der Waals surface area contributed by atoms with Crippen LogP contribution in [-0.4, -0.2) is 52.3 Å². The first-order chi connectivity index (χ1) is 22.0. The van der Waals surface area contributed by atoms with Gasteiger partial charge in [-0.25, -0.2) is 14.4 Å². The topological polar surface area (TPSA) is 137 Å². The first-order valence-electron chi connectivity index (χ1n) is 14.3. The van der Waals surface area contributed by atoms with Crippen molar-refractivity contribution in [3.05, 3.63) is 80.8 Å². The molecule has 3 heterocycles. The molecule has 1 fully saturated rings. The lowest BCUT2D eigenvalue weighted by molar-refractivity contribution is -0.265. The maximum atomic E-state index is 14.8. The normalized spacial score (nSPS) is 18.7. The van der Waals surface area contributed by atoms with E-state index in [9.17, 15) is 32.3 Å². The Balaban J connectivity index is 1.42. The van der Waals surface area contributed by atoms with E-state index in [0.717, 1.165) is 31.0 Å². The lowest BCUT2D eigenvalue weighted by Gasteiger charge is -2.31. The van der Waals surface area contributed by atoms with Gasteiger partial charge in [-0.1, -0.05) is 23.2 Å². The Morgan fingerprint density at radius 3 is 2.49 bits per heavy atom. The summed E-state index contributed by atoms with van der Waals surface area (Å²) >= 11 is 12.5. The summed E-state index contributed by atoms with van der Waals surface area (Å²) in [7, 11) is 0. The van der Waals surface area contributed by atoms with Gasteiger partial charge < -0.3 is 25.6 Å². The van der Waals surface area contributed by atoms with Gasteiger partial charge in [0.15, 0.2) is 0 Å². The lowest BCUT2D eigenvalue weighted by atomic mass is 9.81. The Kier molecular flexibility index (Phi) is 8.01. The second-order valence-corrected chi connectivity index (χ2v) is 12.6. The number of nitrogens with zero attached hydrogens (tertiary/aromatic N) is 2. The minimum atomic E-state index is -5.41. The third kappa shape index (κ3) is 5.80. The summed E-state index contributed by atoms with van der Waals surface area (Å²) in [6.45, 7) is 1.32. The highest BCUT2D eigenvalue weighted by molar-refractivity contribution is 6.33. The standard InChI is InChI=1S/C32H26Cl2F4N4O5/c1-14-21(33)8-15-7-16(9-23(25(15)41-14)47-18-4-5-18)28(43)40-12-31(45,32(36,37)38)24-11-20-27(46-13-30(20,2)29(39)44)26(42-24)19-6-3-17(35)10-22(19)34/h3,6-11,18,45H,4-5,12-13H2,1-2H3,(H2,39,44)(H,40,43)/t30-,31?/m0/s1. The highest BCUT2D eigenvalue weighted by Crippen LogP contribution is 2.48. The van der Waals surface area contributed by atoms with Gasteiger partial charge >= 0.3 is 6.18 Å². The van der Waals surface area contributed by atoms with Crippen molar-refractivity contribution in [1.82, 2.24) is 15.3 Å². The number of carbonyl (C=O) groups is 2. The average molecular weight is 693 g/mol. The molecule has 1 saturated carbocycles. The van der Waals surface area contributed by atoms with Gasteiger partial charge in [-0.3, -0.25) is 9.59 Å². The smallest absolute Gasteiger partial charge is 0.424 e. The van der Waals surface area contributed by atoms with Gasteiger partial charge in [0.2, 0.25) is 11.5 Å². The van der Waals surface area contributed by atoms with Crippen LogP contribution < -0.4 is 20.5 Å². The fraction of sp³-hybridized carbons (Fsp3) is 0.312. The number of pyridine rings is 2. The summed E-state index contributed by atoms with van der Waals surface area (Å²) in [4.78, 5) is 34.4. The van der Waals surface area contributed by atoms with Gasteiger partial charge in [0.25, 0.3) is 5.91 Å². The number of ether oxygens (including phenoxy) is 2. The Morgan fingerprint density at radius 1 is 1.13 bits per heavy atom. The van der Waals surface area contributed by atoms with Crippen molar-refractivity contribution in [2.75, 3.05) is 13.2 Å². The number of halogens is 6. The van der Waals surface area contributed by atoms with Crippen LogP contribution in [0, 0.1) is 12.7 Å². The Bertz CT molecular complexity index is 1970. The van der Waals surface area contributed by atoms with Gasteiger partial charge in [0.05, 0.1) is 34.1 Å². The zero-order valence-corrected chi connectivity index (χ0v) is 26.3. The van der Waals surface area contributed by atoms with Crippen molar-refractivity contribution >= 4 is 45.9 Å². The number of aromatic nitrogens is 2. The molecule has 9 nitrogen and oxygen atoms in total. The zero-order chi connectivity index (χ0) is 34.1. The van der Waals surface area contributed by atoms with Gasteiger partial charge in [-0.15, -0.1) is 0 Å².